The molecule has 6 nitrogen and oxygen atoms in total. The Bertz CT molecular complexity index is 1330. The molecular weight excluding hydrogens is 436 g/mol. The van der Waals surface area contributed by atoms with Crippen LogP contribution in [0.15, 0.2) is 55.0 Å². The molecule has 0 amide bonds. The van der Waals surface area contributed by atoms with Gasteiger partial charge in [0.1, 0.15) is 17.4 Å². The molecular formula is C26H25F2N5O. The van der Waals surface area contributed by atoms with E-state index in [1.165, 1.54) is 18.2 Å². The summed E-state index contributed by atoms with van der Waals surface area (Å²) in [7, 11) is 0. The van der Waals surface area contributed by atoms with Gasteiger partial charge < -0.3 is 0 Å². The number of nitrogens with zero attached hydrogens (tertiary/aromatic N) is 5. The molecule has 4 heterocycles. The SMILES string of the molecule is Cc1cc(-n2ncc3cc(CC(=O)C[C@@H]4CCN(Cc5c(F)cccc5F)C4)ncc32)ccn1. The molecule has 5 rings (SSSR count). The average Bonchev–Trinajstić information content (AvgIpc) is 3.42. The van der Waals surface area contributed by atoms with Gasteiger partial charge in [-0.15, -0.1) is 0 Å². The van der Waals surface area contributed by atoms with Crippen LogP contribution in [0.1, 0.15) is 29.8 Å². The largest absolute Gasteiger partial charge is 0.299 e. The highest BCUT2D eigenvalue weighted by atomic mass is 19.1. The van der Waals surface area contributed by atoms with E-state index in [-0.39, 0.29) is 30.2 Å². The molecule has 34 heavy (non-hydrogen) atoms. The maximum atomic E-state index is 13.9. The van der Waals surface area contributed by atoms with Crippen molar-refractivity contribution in [3.05, 3.63) is 83.6 Å². The molecule has 1 aromatic carbocycles. The number of hydrogen-bond donors (Lipinski definition) is 0. The summed E-state index contributed by atoms with van der Waals surface area (Å²) in [6.07, 6.45) is 6.81. The number of hydrogen-bond acceptors (Lipinski definition) is 5. The van der Waals surface area contributed by atoms with E-state index in [1.54, 1.807) is 18.6 Å². The van der Waals surface area contributed by atoms with Gasteiger partial charge in [-0.3, -0.25) is 19.7 Å². The van der Waals surface area contributed by atoms with Crippen LogP contribution in [0, 0.1) is 24.5 Å². The number of benzene rings is 1. The predicted octanol–water partition coefficient (Wildman–Crippen LogP) is 4.43. The van der Waals surface area contributed by atoms with Gasteiger partial charge in [-0.2, -0.15) is 5.10 Å². The minimum atomic E-state index is -0.525. The van der Waals surface area contributed by atoms with Crippen LogP contribution in [0.2, 0.25) is 0 Å². The first-order valence-electron chi connectivity index (χ1n) is 11.4. The van der Waals surface area contributed by atoms with Crippen LogP contribution in [0.4, 0.5) is 8.78 Å². The molecule has 0 N–H and O–H groups in total. The first kappa shape index (κ1) is 22.3. The zero-order valence-corrected chi connectivity index (χ0v) is 18.9. The van der Waals surface area contributed by atoms with Gasteiger partial charge in [0.15, 0.2) is 0 Å². The number of carbonyl (C=O) groups excluding carboxylic acids is 1. The number of carbonyl (C=O) groups is 1. The maximum absolute atomic E-state index is 13.9. The second-order valence-electron chi connectivity index (χ2n) is 8.96. The molecule has 1 atom stereocenters. The Kier molecular flexibility index (Phi) is 6.15. The van der Waals surface area contributed by atoms with Crippen molar-refractivity contribution in [2.75, 3.05) is 13.1 Å². The van der Waals surface area contributed by atoms with Crippen LogP contribution < -0.4 is 0 Å². The fraction of sp³-hybridized carbons (Fsp3) is 0.308. The van der Waals surface area contributed by atoms with Crippen LogP contribution in [-0.2, 0) is 17.8 Å². The summed E-state index contributed by atoms with van der Waals surface area (Å²) in [6.45, 7) is 3.54. The molecule has 4 aromatic rings. The molecule has 0 aliphatic carbocycles. The van der Waals surface area contributed by atoms with Gasteiger partial charge in [0.2, 0.25) is 0 Å². The summed E-state index contributed by atoms with van der Waals surface area (Å²) in [5, 5.41) is 5.39. The topological polar surface area (TPSA) is 63.9 Å². The van der Waals surface area contributed by atoms with Crippen molar-refractivity contribution in [2.24, 2.45) is 5.92 Å². The second kappa shape index (κ2) is 9.38. The molecule has 0 bridgehead atoms. The van der Waals surface area contributed by atoms with Crippen molar-refractivity contribution in [1.82, 2.24) is 24.6 Å². The number of pyridine rings is 2. The summed E-state index contributed by atoms with van der Waals surface area (Å²) in [5.41, 5.74) is 3.49. The van der Waals surface area contributed by atoms with E-state index in [0.717, 1.165) is 35.2 Å². The Labute approximate surface area is 196 Å². The minimum Gasteiger partial charge on any atom is -0.299 e. The highest BCUT2D eigenvalue weighted by Gasteiger charge is 2.26. The second-order valence-corrected chi connectivity index (χ2v) is 8.96. The third-order valence-electron chi connectivity index (χ3n) is 6.34. The van der Waals surface area contributed by atoms with Crippen molar-refractivity contribution in [3.8, 4) is 5.69 Å². The number of aromatic nitrogens is 4. The Morgan fingerprint density at radius 2 is 1.94 bits per heavy atom. The van der Waals surface area contributed by atoms with Gasteiger partial charge in [-0.1, -0.05) is 6.07 Å². The fourth-order valence-corrected chi connectivity index (χ4v) is 4.66. The van der Waals surface area contributed by atoms with Gasteiger partial charge in [-0.05, 0) is 56.1 Å². The lowest BCUT2D eigenvalue weighted by Gasteiger charge is -2.17. The summed E-state index contributed by atoms with van der Waals surface area (Å²) in [6, 6.07) is 9.68. The van der Waals surface area contributed by atoms with E-state index in [2.05, 4.69) is 15.1 Å². The van der Waals surface area contributed by atoms with Crippen LogP contribution in [-0.4, -0.2) is 43.5 Å². The van der Waals surface area contributed by atoms with E-state index in [0.29, 0.717) is 18.7 Å². The van der Waals surface area contributed by atoms with E-state index >= 15 is 0 Å². The van der Waals surface area contributed by atoms with E-state index in [4.69, 9.17) is 0 Å². The van der Waals surface area contributed by atoms with Crippen LogP contribution in [0.25, 0.3) is 16.6 Å². The van der Waals surface area contributed by atoms with Crippen LogP contribution in [0.5, 0.6) is 0 Å². The number of likely N-dealkylation sites (tertiary alicyclic amines) is 1. The van der Waals surface area contributed by atoms with Crippen molar-refractivity contribution in [1.29, 1.82) is 0 Å². The summed E-state index contributed by atoms with van der Waals surface area (Å²) in [5.74, 6) is -0.747. The van der Waals surface area contributed by atoms with Gasteiger partial charge in [0.25, 0.3) is 0 Å². The smallest absolute Gasteiger partial charge is 0.139 e. The molecule has 0 saturated carbocycles. The van der Waals surface area contributed by atoms with Gasteiger partial charge in [0.05, 0.1) is 23.6 Å². The molecule has 1 saturated heterocycles. The van der Waals surface area contributed by atoms with Crippen LogP contribution in [0.3, 0.4) is 0 Å². The molecule has 1 fully saturated rings. The Morgan fingerprint density at radius 3 is 2.74 bits per heavy atom. The van der Waals surface area contributed by atoms with Crippen LogP contribution >= 0.6 is 0 Å². The summed E-state index contributed by atoms with van der Waals surface area (Å²) in [4.78, 5) is 23.5. The zero-order chi connectivity index (χ0) is 23.7. The van der Waals surface area contributed by atoms with E-state index < -0.39 is 11.6 Å². The van der Waals surface area contributed by atoms with Gasteiger partial charge >= 0.3 is 0 Å². The highest BCUT2D eigenvalue weighted by molar-refractivity contribution is 5.84. The normalized spacial score (nSPS) is 16.4. The Hall–Kier alpha value is -3.52. The zero-order valence-electron chi connectivity index (χ0n) is 18.9. The van der Waals surface area contributed by atoms with E-state index in [9.17, 15) is 13.6 Å². The third kappa shape index (κ3) is 4.72. The monoisotopic (exact) mass is 461 g/mol. The lowest BCUT2D eigenvalue weighted by molar-refractivity contribution is -0.119. The molecule has 0 radical (unpaired) electrons. The first-order valence-corrected chi connectivity index (χ1v) is 11.4. The standard InChI is InChI=1S/C26H25F2N5O/c1-17-9-21(5-7-29-17)33-26-14-30-20(11-19(26)13-31-33)12-22(34)10-18-6-8-32(15-18)16-23-24(27)3-2-4-25(23)28/h2-5,7,9,11,13-14,18H,6,8,10,12,15-16H2,1H3/t18-/m0/s1. The average molecular weight is 462 g/mol. The Morgan fingerprint density at radius 1 is 1.12 bits per heavy atom. The summed E-state index contributed by atoms with van der Waals surface area (Å²) >= 11 is 0. The predicted molar refractivity (Wildman–Crippen MR) is 124 cm³/mol. The molecule has 3 aromatic heterocycles. The first-order chi connectivity index (χ1) is 16.5. The number of rotatable bonds is 7. The number of fused-ring (bicyclic) bond motifs is 1. The Balaban J connectivity index is 1.20. The highest BCUT2D eigenvalue weighted by Crippen LogP contribution is 2.25. The van der Waals surface area contributed by atoms with Crippen molar-refractivity contribution in [3.63, 3.8) is 0 Å². The lowest BCUT2D eigenvalue weighted by atomic mass is 9.99. The molecule has 0 unspecified atom stereocenters. The molecule has 174 valence electrons. The quantitative estimate of drug-likeness (QED) is 0.408. The number of Topliss-reactive ketones (excluding diaryl/α,β-unsaturated/α-hetero) is 1. The van der Waals surface area contributed by atoms with Gasteiger partial charge in [-0.25, -0.2) is 13.5 Å². The number of aryl methyl sites for hydroxylation is 1. The number of ketones is 1. The lowest BCUT2D eigenvalue weighted by Crippen LogP contribution is -2.22. The molecule has 0 spiro atoms. The van der Waals surface area contributed by atoms with E-state index in [1.807, 2.05) is 34.7 Å². The van der Waals surface area contributed by atoms with Crippen molar-refractivity contribution >= 4 is 16.7 Å². The third-order valence-corrected chi connectivity index (χ3v) is 6.34. The fourth-order valence-electron chi connectivity index (χ4n) is 4.66. The minimum absolute atomic E-state index is 0.0921. The maximum Gasteiger partial charge on any atom is 0.139 e. The molecule has 8 heteroatoms. The summed E-state index contributed by atoms with van der Waals surface area (Å²) < 4.78 is 29.7. The number of halogens is 2. The molecule has 1 aliphatic rings. The van der Waals surface area contributed by atoms with Gasteiger partial charge in [0, 0.05) is 54.5 Å². The van der Waals surface area contributed by atoms with Crippen molar-refractivity contribution in [2.45, 2.75) is 32.7 Å². The van der Waals surface area contributed by atoms with Crippen molar-refractivity contribution < 1.29 is 13.6 Å². The molecule has 1 aliphatic heterocycles.